The summed E-state index contributed by atoms with van der Waals surface area (Å²) >= 11 is 3.35. The van der Waals surface area contributed by atoms with Crippen LogP contribution in [0, 0.1) is 0 Å². The molecule has 0 radical (unpaired) electrons. The number of nitrogens with one attached hydrogen (secondary N) is 1. The Morgan fingerprint density at radius 3 is 3.20 bits per heavy atom. The Kier molecular flexibility index (Phi) is 3.30. The number of hydrogen-bond donors (Lipinski definition) is 2. The molecule has 3 N–H and O–H groups in total. The van der Waals surface area contributed by atoms with Crippen LogP contribution in [-0.2, 0) is 11.3 Å². The average molecular weight is 271 g/mol. The van der Waals surface area contributed by atoms with Gasteiger partial charge in [-0.3, -0.25) is 0 Å². The summed E-state index contributed by atoms with van der Waals surface area (Å²) in [6.45, 7) is 1.49. The van der Waals surface area contributed by atoms with E-state index in [9.17, 15) is 0 Å². The minimum atomic E-state index is 0.436. The van der Waals surface area contributed by atoms with E-state index in [1.807, 2.05) is 6.07 Å². The summed E-state index contributed by atoms with van der Waals surface area (Å²) in [6.07, 6.45) is 1.72. The van der Waals surface area contributed by atoms with Crippen LogP contribution in [0.3, 0.4) is 0 Å². The molecule has 6 heteroatoms. The molecular formula is C9H11BrN4O. The molecule has 0 bridgehead atoms. The van der Waals surface area contributed by atoms with Gasteiger partial charge in [-0.15, -0.1) is 0 Å². The highest BCUT2D eigenvalue weighted by molar-refractivity contribution is 9.10. The average Bonchev–Trinajstić information content (AvgIpc) is 2.60. The molecule has 15 heavy (non-hydrogen) atoms. The number of nitrogens with zero attached hydrogens (tertiary/aromatic N) is 2. The summed E-state index contributed by atoms with van der Waals surface area (Å²) in [5, 5.41) is 0. The topological polar surface area (TPSA) is 76.8 Å². The number of rotatable bonds is 4. The Hall–Kier alpha value is -0.980. The van der Waals surface area contributed by atoms with Crippen molar-refractivity contribution in [2.45, 2.75) is 6.61 Å². The van der Waals surface area contributed by atoms with Gasteiger partial charge in [-0.1, -0.05) is 0 Å². The molecule has 0 aliphatic carbocycles. The Labute approximate surface area is 95.2 Å². The number of fused-ring (bicyclic) bond motifs is 1. The summed E-state index contributed by atoms with van der Waals surface area (Å²) in [5.41, 5.74) is 6.91. The molecule has 0 unspecified atom stereocenters. The number of imidazole rings is 1. The first-order valence-electron chi connectivity index (χ1n) is 4.57. The lowest BCUT2D eigenvalue weighted by atomic mass is 10.4. The number of ether oxygens (including phenoxy) is 1. The first kappa shape index (κ1) is 10.5. The molecule has 0 amide bonds. The molecular weight excluding hydrogens is 260 g/mol. The fourth-order valence-corrected chi connectivity index (χ4v) is 1.58. The Bertz CT molecular complexity index is 456. The van der Waals surface area contributed by atoms with E-state index in [-0.39, 0.29) is 0 Å². The number of aromatic nitrogens is 3. The van der Waals surface area contributed by atoms with Crippen molar-refractivity contribution in [1.82, 2.24) is 15.0 Å². The van der Waals surface area contributed by atoms with Crippen molar-refractivity contribution in [3.05, 3.63) is 22.6 Å². The summed E-state index contributed by atoms with van der Waals surface area (Å²) in [6, 6.07) is 1.93. The van der Waals surface area contributed by atoms with Gasteiger partial charge in [0.25, 0.3) is 0 Å². The van der Waals surface area contributed by atoms with Gasteiger partial charge >= 0.3 is 0 Å². The van der Waals surface area contributed by atoms with Crippen molar-refractivity contribution in [3.8, 4) is 0 Å². The molecule has 0 aliphatic heterocycles. The van der Waals surface area contributed by atoms with Gasteiger partial charge in [-0.25, -0.2) is 9.97 Å². The molecule has 0 saturated heterocycles. The van der Waals surface area contributed by atoms with Crippen LogP contribution in [0.1, 0.15) is 5.82 Å². The molecule has 2 aromatic heterocycles. The van der Waals surface area contributed by atoms with Gasteiger partial charge in [0.1, 0.15) is 12.4 Å². The third-order valence-corrected chi connectivity index (χ3v) is 2.29. The van der Waals surface area contributed by atoms with Crippen LogP contribution in [0.2, 0.25) is 0 Å². The molecule has 0 spiro atoms. The van der Waals surface area contributed by atoms with E-state index in [4.69, 9.17) is 10.5 Å². The highest BCUT2D eigenvalue weighted by Gasteiger charge is 2.03. The van der Waals surface area contributed by atoms with Gasteiger partial charge in [0.2, 0.25) is 0 Å². The smallest absolute Gasteiger partial charge is 0.177 e. The third kappa shape index (κ3) is 2.53. The first-order chi connectivity index (χ1) is 7.29. The quantitative estimate of drug-likeness (QED) is 0.819. The lowest BCUT2D eigenvalue weighted by molar-refractivity contribution is 0.123. The number of pyridine rings is 1. The third-order valence-electron chi connectivity index (χ3n) is 1.85. The summed E-state index contributed by atoms with van der Waals surface area (Å²) in [4.78, 5) is 11.6. The number of nitrogens with two attached hydrogens (primary N) is 1. The van der Waals surface area contributed by atoms with E-state index >= 15 is 0 Å². The predicted octanol–water partition coefficient (Wildman–Crippen LogP) is 1.20. The molecule has 0 saturated carbocycles. The second-order valence-electron chi connectivity index (χ2n) is 3.05. The molecule has 0 atom stereocenters. The highest BCUT2D eigenvalue weighted by Crippen LogP contribution is 2.15. The van der Waals surface area contributed by atoms with Crippen LogP contribution < -0.4 is 5.73 Å². The highest BCUT2D eigenvalue weighted by atomic mass is 79.9. The van der Waals surface area contributed by atoms with Gasteiger partial charge in [0.15, 0.2) is 5.65 Å². The molecule has 5 nitrogen and oxygen atoms in total. The summed E-state index contributed by atoms with van der Waals surface area (Å²) in [7, 11) is 0. The van der Waals surface area contributed by atoms with Crippen LogP contribution in [0.25, 0.3) is 11.2 Å². The monoisotopic (exact) mass is 270 g/mol. The van der Waals surface area contributed by atoms with E-state index in [1.54, 1.807) is 6.20 Å². The number of aromatic amines is 1. The molecule has 2 heterocycles. The lowest BCUT2D eigenvalue weighted by Gasteiger charge is -1.97. The van der Waals surface area contributed by atoms with Crippen LogP contribution in [0.15, 0.2) is 16.7 Å². The van der Waals surface area contributed by atoms with Gasteiger partial charge in [-0.2, -0.15) is 0 Å². The zero-order valence-corrected chi connectivity index (χ0v) is 9.62. The lowest BCUT2D eigenvalue weighted by Crippen LogP contribution is -2.08. The van der Waals surface area contributed by atoms with Crippen molar-refractivity contribution < 1.29 is 4.74 Å². The fraction of sp³-hybridized carbons (Fsp3) is 0.333. The Morgan fingerprint density at radius 2 is 2.40 bits per heavy atom. The van der Waals surface area contributed by atoms with Gasteiger partial charge in [-0.05, 0) is 22.0 Å². The van der Waals surface area contributed by atoms with Crippen molar-refractivity contribution >= 4 is 27.1 Å². The minimum Gasteiger partial charge on any atom is -0.372 e. The Morgan fingerprint density at radius 1 is 1.53 bits per heavy atom. The zero-order chi connectivity index (χ0) is 10.7. The van der Waals surface area contributed by atoms with Crippen LogP contribution in [-0.4, -0.2) is 28.1 Å². The van der Waals surface area contributed by atoms with Crippen LogP contribution >= 0.6 is 15.9 Å². The number of H-pyrrole nitrogens is 1. The summed E-state index contributed by atoms with van der Waals surface area (Å²) < 4.78 is 6.19. The van der Waals surface area contributed by atoms with E-state index in [0.29, 0.717) is 25.4 Å². The van der Waals surface area contributed by atoms with E-state index in [2.05, 4.69) is 30.9 Å². The van der Waals surface area contributed by atoms with Crippen LogP contribution in [0.5, 0.6) is 0 Å². The normalized spacial score (nSPS) is 11.1. The van der Waals surface area contributed by atoms with Crippen LogP contribution in [0.4, 0.5) is 0 Å². The minimum absolute atomic E-state index is 0.436. The van der Waals surface area contributed by atoms with Crippen molar-refractivity contribution in [3.63, 3.8) is 0 Å². The van der Waals surface area contributed by atoms with Gasteiger partial charge in [0.05, 0.1) is 12.1 Å². The molecule has 0 fully saturated rings. The molecule has 0 aromatic carbocycles. The largest absolute Gasteiger partial charge is 0.372 e. The SMILES string of the molecule is NCCOCc1nc2ncc(Br)cc2[nH]1. The van der Waals surface area contributed by atoms with Gasteiger partial charge < -0.3 is 15.5 Å². The van der Waals surface area contributed by atoms with Crippen molar-refractivity contribution in [1.29, 1.82) is 0 Å². The number of hydrogen-bond acceptors (Lipinski definition) is 4. The van der Waals surface area contributed by atoms with Crippen molar-refractivity contribution in [2.24, 2.45) is 5.73 Å². The zero-order valence-electron chi connectivity index (χ0n) is 8.03. The second kappa shape index (κ2) is 4.69. The summed E-state index contributed by atoms with van der Waals surface area (Å²) in [5.74, 6) is 0.768. The predicted molar refractivity (Wildman–Crippen MR) is 60.3 cm³/mol. The molecule has 0 aliphatic rings. The molecule has 80 valence electrons. The maximum atomic E-state index is 5.31. The van der Waals surface area contributed by atoms with E-state index in [1.165, 1.54) is 0 Å². The van der Waals surface area contributed by atoms with Gasteiger partial charge in [0, 0.05) is 17.2 Å². The Balaban J connectivity index is 2.16. The maximum Gasteiger partial charge on any atom is 0.177 e. The maximum absolute atomic E-state index is 5.31. The van der Waals surface area contributed by atoms with E-state index < -0.39 is 0 Å². The molecule has 2 aromatic rings. The van der Waals surface area contributed by atoms with E-state index in [0.717, 1.165) is 15.8 Å². The second-order valence-corrected chi connectivity index (χ2v) is 3.97. The van der Waals surface area contributed by atoms with Crippen molar-refractivity contribution in [2.75, 3.05) is 13.2 Å². The molecule has 2 rings (SSSR count). The fourth-order valence-electron chi connectivity index (χ4n) is 1.24. The number of halogens is 1. The first-order valence-corrected chi connectivity index (χ1v) is 5.37. The standard InChI is InChI=1S/C9H11BrN4O/c10-6-3-7-9(12-4-6)14-8(13-7)5-15-2-1-11/h3-4H,1-2,5,11H2,(H,12,13,14).